The van der Waals surface area contributed by atoms with Gasteiger partial charge in [-0.2, -0.15) is 0 Å². The van der Waals surface area contributed by atoms with Crippen molar-refractivity contribution in [2.45, 2.75) is 19.4 Å². The quantitative estimate of drug-likeness (QED) is 0.844. The summed E-state index contributed by atoms with van der Waals surface area (Å²) in [5.41, 5.74) is 1.03. The first-order valence-electron chi connectivity index (χ1n) is 5.53. The Morgan fingerprint density at radius 3 is 2.81 bits per heavy atom. The lowest BCUT2D eigenvalue weighted by Gasteiger charge is -2.16. The number of carbonyl (C=O) groups is 1. The average Bonchev–Trinajstić information content (AvgIpc) is 2.79. The maximum absolute atomic E-state index is 11.7. The molecule has 1 fully saturated rings. The van der Waals surface area contributed by atoms with E-state index >= 15 is 0 Å². The second-order valence-corrected chi connectivity index (χ2v) is 4.42. The second-order valence-electron chi connectivity index (χ2n) is 3.98. The predicted molar refractivity (Wildman–Crippen MR) is 64.5 cm³/mol. The van der Waals surface area contributed by atoms with Gasteiger partial charge in [-0.15, -0.1) is 0 Å². The van der Waals surface area contributed by atoms with Gasteiger partial charge in [0.15, 0.2) is 0 Å². The molecule has 1 saturated heterocycles. The normalized spacial score (nSPS) is 15.2. The lowest BCUT2D eigenvalue weighted by atomic mass is 10.2. The summed E-state index contributed by atoms with van der Waals surface area (Å²) in [6, 6.07) is 7.56. The van der Waals surface area contributed by atoms with Gasteiger partial charge in [-0.05, 0) is 30.5 Å². The van der Waals surface area contributed by atoms with E-state index in [-0.39, 0.29) is 6.03 Å². The van der Waals surface area contributed by atoms with Crippen LogP contribution in [0.3, 0.4) is 0 Å². The molecule has 0 aliphatic carbocycles. The minimum Gasteiger partial charge on any atom is -0.334 e. The molecule has 86 valence electrons. The number of nitrogens with zero attached hydrogens (tertiary/aromatic N) is 1. The van der Waals surface area contributed by atoms with Crippen LogP contribution in [0.5, 0.6) is 0 Å². The molecule has 2 rings (SSSR count). The molecule has 0 radical (unpaired) electrons. The smallest absolute Gasteiger partial charge is 0.317 e. The van der Waals surface area contributed by atoms with Crippen LogP contribution in [0.4, 0.5) is 4.79 Å². The number of urea groups is 1. The van der Waals surface area contributed by atoms with Gasteiger partial charge >= 0.3 is 6.03 Å². The van der Waals surface area contributed by atoms with Crippen molar-refractivity contribution in [3.05, 3.63) is 34.9 Å². The van der Waals surface area contributed by atoms with Gasteiger partial charge in [0.25, 0.3) is 0 Å². The Balaban J connectivity index is 1.84. The summed E-state index contributed by atoms with van der Waals surface area (Å²) in [6.07, 6.45) is 2.23. The van der Waals surface area contributed by atoms with Crippen molar-refractivity contribution in [2.75, 3.05) is 13.1 Å². The van der Waals surface area contributed by atoms with Crippen molar-refractivity contribution >= 4 is 17.6 Å². The highest BCUT2D eigenvalue weighted by Gasteiger charge is 2.16. The first kappa shape index (κ1) is 11.3. The molecule has 1 aliphatic heterocycles. The van der Waals surface area contributed by atoms with Crippen LogP contribution in [0.2, 0.25) is 5.02 Å². The SMILES string of the molecule is O=C(NCc1cccc(Cl)c1)N1CCCC1. The zero-order valence-corrected chi connectivity index (χ0v) is 9.83. The van der Waals surface area contributed by atoms with E-state index in [4.69, 9.17) is 11.6 Å². The molecule has 2 amide bonds. The van der Waals surface area contributed by atoms with Crippen LogP contribution in [0.1, 0.15) is 18.4 Å². The van der Waals surface area contributed by atoms with Crippen molar-refractivity contribution in [3.63, 3.8) is 0 Å². The van der Waals surface area contributed by atoms with Gasteiger partial charge in [0.05, 0.1) is 0 Å². The summed E-state index contributed by atoms with van der Waals surface area (Å²) in [7, 11) is 0. The maximum Gasteiger partial charge on any atom is 0.317 e. The number of nitrogens with one attached hydrogen (secondary N) is 1. The fraction of sp³-hybridized carbons (Fsp3) is 0.417. The van der Waals surface area contributed by atoms with Crippen LogP contribution in [-0.2, 0) is 6.54 Å². The molecule has 0 aromatic heterocycles. The number of benzene rings is 1. The number of hydrogen-bond acceptors (Lipinski definition) is 1. The molecule has 1 N–H and O–H groups in total. The first-order chi connectivity index (χ1) is 7.75. The Morgan fingerprint density at radius 1 is 1.38 bits per heavy atom. The Morgan fingerprint density at radius 2 is 2.12 bits per heavy atom. The van der Waals surface area contributed by atoms with Crippen LogP contribution in [0, 0.1) is 0 Å². The third-order valence-electron chi connectivity index (χ3n) is 2.73. The van der Waals surface area contributed by atoms with Crippen LogP contribution in [-0.4, -0.2) is 24.0 Å². The highest BCUT2D eigenvalue weighted by Crippen LogP contribution is 2.11. The second kappa shape index (κ2) is 5.21. The van der Waals surface area contributed by atoms with E-state index in [2.05, 4.69) is 5.32 Å². The van der Waals surface area contributed by atoms with Gasteiger partial charge in [0.1, 0.15) is 0 Å². The number of halogens is 1. The van der Waals surface area contributed by atoms with E-state index in [0.29, 0.717) is 11.6 Å². The molecule has 4 heteroatoms. The molecular weight excluding hydrogens is 224 g/mol. The molecule has 1 heterocycles. The van der Waals surface area contributed by atoms with Crippen LogP contribution in [0.25, 0.3) is 0 Å². The molecule has 1 aliphatic rings. The van der Waals surface area contributed by atoms with Gasteiger partial charge < -0.3 is 10.2 Å². The number of rotatable bonds is 2. The molecule has 16 heavy (non-hydrogen) atoms. The number of amides is 2. The highest BCUT2D eigenvalue weighted by molar-refractivity contribution is 6.30. The molecule has 0 atom stereocenters. The summed E-state index contributed by atoms with van der Waals surface area (Å²) in [5.74, 6) is 0. The number of likely N-dealkylation sites (tertiary alicyclic amines) is 1. The zero-order chi connectivity index (χ0) is 11.4. The third-order valence-corrected chi connectivity index (χ3v) is 2.96. The largest absolute Gasteiger partial charge is 0.334 e. The molecule has 0 saturated carbocycles. The molecule has 1 aromatic carbocycles. The van der Waals surface area contributed by atoms with Crippen molar-refractivity contribution in [1.29, 1.82) is 0 Å². The van der Waals surface area contributed by atoms with E-state index in [1.165, 1.54) is 0 Å². The van der Waals surface area contributed by atoms with E-state index in [1.54, 1.807) is 0 Å². The van der Waals surface area contributed by atoms with Gasteiger partial charge in [0.2, 0.25) is 0 Å². The Hall–Kier alpha value is -1.22. The van der Waals surface area contributed by atoms with E-state index < -0.39 is 0 Å². The highest BCUT2D eigenvalue weighted by atomic mass is 35.5. The molecule has 0 bridgehead atoms. The summed E-state index contributed by atoms with van der Waals surface area (Å²) >= 11 is 5.86. The average molecular weight is 239 g/mol. The zero-order valence-electron chi connectivity index (χ0n) is 9.08. The van der Waals surface area contributed by atoms with Gasteiger partial charge in [-0.25, -0.2) is 4.79 Å². The van der Waals surface area contributed by atoms with E-state index in [9.17, 15) is 4.79 Å². The number of carbonyl (C=O) groups excluding carboxylic acids is 1. The van der Waals surface area contributed by atoms with Gasteiger partial charge in [-0.1, -0.05) is 23.7 Å². The maximum atomic E-state index is 11.7. The van der Waals surface area contributed by atoms with Crippen molar-refractivity contribution in [3.8, 4) is 0 Å². The molecule has 1 aromatic rings. The van der Waals surface area contributed by atoms with E-state index in [1.807, 2.05) is 29.2 Å². The van der Waals surface area contributed by atoms with Crippen molar-refractivity contribution < 1.29 is 4.79 Å². The van der Waals surface area contributed by atoms with Crippen LogP contribution >= 0.6 is 11.6 Å². The Kier molecular flexibility index (Phi) is 3.67. The van der Waals surface area contributed by atoms with Gasteiger partial charge in [0, 0.05) is 24.7 Å². The molecule has 0 spiro atoms. The number of hydrogen-bond donors (Lipinski definition) is 1. The standard InChI is InChI=1S/C12H15ClN2O/c13-11-5-3-4-10(8-11)9-14-12(16)15-6-1-2-7-15/h3-5,8H,1-2,6-7,9H2,(H,14,16). The Bertz CT molecular complexity index is 375. The first-order valence-corrected chi connectivity index (χ1v) is 5.91. The third kappa shape index (κ3) is 2.89. The fourth-order valence-corrected chi connectivity index (χ4v) is 2.07. The lowest BCUT2D eigenvalue weighted by Crippen LogP contribution is -2.37. The predicted octanol–water partition coefficient (Wildman–Crippen LogP) is 2.65. The lowest BCUT2D eigenvalue weighted by molar-refractivity contribution is 0.208. The monoisotopic (exact) mass is 238 g/mol. The summed E-state index contributed by atoms with van der Waals surface area (Å²) < 4.78 is 0. The van der Waals surface area contributed by atoms with Gasteiger partial charge in [-0.3, -0.25) is 0 Å². The molecular formula is C12H15ClN2O. The van der Waals surface area contributed by atoms with Crippen molar-refractivity contribution in [2.24, 2.45) is 0 Å². The van der Waals surface area contributed by atoms with Crippen LogP contribution in [0.15, 0.2) is 24.3 Å². The summed E-state index contributed by atoms with van der Waals surface area (Å²) in [4.78, 5) is 13.5. The summed E-state index contributed by atoms with van der Waals surface area (Å²) in [5, 5.41) is 3.60. The molecule has 0 unspecified atom stereocenters. The molecule has 3 nitrogen and oxygen atoms in total. The Labute approximate surface area is 100 Å². The van der Waals surface area contributed by atoms with Crippen molar-refractivity contribution in [1.82, 2.24) is 10.2 Å². The van der Waals surface area contributed by atoms with Crippen LogP contribution < -0.4 is 5.32 Å². The fourth-order valence-electron chi connectivity index (χ4n) is 1.86. The minimum atomic E-state index is 0.0254. The minimum absolute atomic E-state index is 0.0254. The topological polar surface area (TPSA) is 32.3 Å². The van der Waals surface area contributed by atoms with E-state index in [0.717, 1.165) is 31.5 Å². The summed E-state index contributed by atoms with van der Waals surface area (Å²) in [6.45, 7) is 2.29.